The SMILES string of the molecule is CC(N)C(c1cccs1)N1CC(=O)NC(=O)C1(C)C. The van der Waals surface area contributed by atoms with Gasteiger partial charge in [-0.1, -0.05) is 6.07 Å². The van der Waals surface area contributed by atoms with E-state index in [-0.39, 0.29) is 30.4 Å². The van der Waals surface area contributed by atoms with Crippen molar-refractivity contribution in [2.75, 3.05) is 6.54 Å². The average Bonchev–Trinajstić information content (AvgIpc) is 2.79. The van der Waals surface area contributed by atoms with Gasteiger partial charge in [0.1, 0.15) is 0 Å². The highest BCUT2D eigenvalue weighted by molar-refractivity contribution is 7.10. The van der Waals surface area contributed by atoms with Crippen molar-refractivity contribution in [1.29, 1.82) is 0 Å². The molecule has 1 aliphatic rings. The summed E-state index contributed by atoms with van der Waals surface area (Å²) in [6.07, 6.45) is 0. The first kappa shape index (κ1) is 14.2. The second kappa shape index (κ2) is 5.03. The summed E-state index contributed by atoms with van der Waals surface area (Å²) in [7, 11) is 0. The lowest BCUT2D eigenvalue weighted by atomic mass is 9.93. The highest BCUT2D eigenvalue weighted by Gasteiger charge is 2.45. The Labute approximate surface area is 116 Å². The van der Waals surface area contributed by atoms with Crippen LogP contribution in [-0.2, 0) is 9.59 Å². The normalized spacial score (nSPS) is 22.9. The van der Waals surface area contributed by atoms with Crippen molar-refractivity contribution < 1.29 is 9.59 Å². The van der Waals surface area contributed by atoms with E-state index >= 15 is 0 Å². The van der Waals surface area contributed by atoms with E-state index in [1.165, 1.54) is 0 Å². The first-order chi connectivity index (χ1) is 8.84. The molecule has 19 heavy (non-hydrogen) atoms. The minimum absolute atomic E-state index is 0.134. The van der Waals surface area contributed by atoms with Gasteiger partial charge in [0.05, 0.1) is 18.1 Å². The maximum absolute atomic E-state index is 12.0. The molecule has 6 heteroatoms. The Morgan fingerprint density at radius 2 is 2.16 bits per heavy atom. The molecule has 0 saturated carbocycles. The van der Waals surface area contributed by atoms with Crippen LogP contribution in [0, 0.1) is 0 Å². The standard InChI is InChI=1S/C13H19N3O2S/c1-8(14)11(9-5-4-6-19-9)16-7-10(17)15-12(18)13(16,2)3/h4-6,8,11H,7,14H2,1-3H3,(H,15,17,18). The topological polar surface area (TPSA) is 75.4 Å². The second-order valence-corrected chi connectivity index (χ2v) is 6.36. The minimum atomic E-state index is -0.754. The Morgan fingerprint density at radius 1 is 1.47 bits per heavy atom. The number of rotatable bonds is 3. The van der Waals surface area contributed by atoms with E-state index in [1.54, 1.807) is 11.3 Å². The van der Waals surface area contributed by atoms with Crippen LogP contribution in [0.4, 0.5) is 0 Å². The number of thiophene rings is 1. The molecule has 0 aromatic carbocycles. The number of nitrogens with two attached hydrogens (primary N) is 1. The maximum atomic E-state index is 12.0. The molecule has 1 aromatic heterocycles. The lowest BCUT2D eigenvalue weighted by Gasteiger charge is -2.45. The molecule has 3 N–H and O–H groups in total. The third-order valence-corrected chi connectivity index (χ3v) is 4.45. The van der Waals surface area contributed by atoms with Gasteiger partial charge in [-0.2, -0.15) is 0 Å². The van der Waals surface area contributed by atoms with Crippen LogP contribution in [0.15, 0.2) is 17.5 Å². The number of hydrogen-bond acceptors (Lipinski definition) is 5. The van der Waals surface area contributed by atoms with Crippen molar-refractivity contribution in [2.45, 2.75) is 38.4 Å². The van der Waals surface area contributed by atoms with Gasteiger partial charge in [-0.25, -0.2) is 0 Å². The molecule has 0 aliphatic carbocycles. The molecule has 2 heterocycles. The lowest BCUT2D eigenvalue weighted by Crippen LogP contribution is -2.66. The van der Waals surface area contributed by atoms with Crippen LogP contribution in [0.25, 0.3) is 0 Å². The van der Waals surface area contributed by atoms with Crippen LogP contribution < -0.4 is 11.1 Å². The number of hydrogen-bond donors (Lipinski definition) is 2. The monoisotopic (exact) mass is 281 g/mol. The van der Waals surface area contributed by atoms with Gasteiger partial charge in [-0.15, -0.1) is 11.3 Å². The predicted molar refractivity (Wildman–Crippen MR) is 74.6 cm³/mol. The maximum Gasteiger partial charge on any atom is 0.246 e. The Bertz CT molecular complexity index is 482. The van der Waals surface area contributed by atoms with E-state index in [1.807, 2.05) is 43.2 Å². The van der Waals surface area contributed by atoms with E-state index in [0.717, 1.165) is 4.88 Å². The number of imide groups is 1. The Kier molecular flexibility index (Phi) is 3.75. The summed E-state index contributed by atoms with van der Waals surface area (Å²) in [6, 6.07) is 3.64. The van der Waals surface area contributed by atoms with Crippen LogP contribution in [0.1, 0.15) is 31.7 Å². The molecule has 0 radical (unpaired) electrons. The van der Waals surface area contributed by atoms with Gasteiger partial charge in [0.15, 0.2) is 0 Å². The fourth-order valence-electron chi connectivity index (χ4n) is 2.40. The zero-order valence-electron chi connectivity index (χ0n) is 11.3. The Morgan fingerprint density at radius 3 is 2.68 bits per heavy atom. The molecule has 1 aliphatic heterocycles. The van der Waals surface area contributed by atoms with E-state index in [9.17, 15) is 9.59 Å². The molecule has 1 fully saturated rings. The quantitative estimate of drug-likeness (QED) is 0.806. The van der Waals surface area contributed by atoms with Gasteiger partial charge < -0.3 is 5.73 Å². The first-order valence-corrected chi connectivity index (χ1v) is 7.12. The van der Waals surface area contributed by atoms with Crippen molar-refractivity contribution >= 4 is 23.2 Å². The molecule has 2 rings (SSSR count). The van der Waals surface area contributed by atoms with Crippen LogP contribution in [-0.4, -0.2) is 34.8 Å². The molecule has 2 unspecified atom stereocenters. The number of nitrogens with one attached hydrogen (secondary N) is 1. The smallest absolute Gasteiger partial charge is 0.246 e. The van der Waals surface area contributed by atoms with Gasteiger partial charge in [0, 0.05) is 10.9 Å². The molecule has 104 valence electrons. The van der Waals surface area contributed by atoms with Crippen molar-refractivity contribution in [1.82, 2.24) is 10.2 Å². The zero-order valence-corrected chi connectivity index (χ0v) is 12.2. The Balaban J connectivity index is 2.40. The van der Waals surface area contributed by atoms with Crippen LogP contribution in [0.3, 0.4) is 0 Å². The minimum Gasteiger partial charge on any atom is -0.326 e. The lowest BCUT2D eigenvalue weighted by molar-refractivity contribution is -0.147. The number of carbonyl (C=O) groups excluding carboxylic acids is 2. The van der Waals surface area contributed by atoms with E-state index in [4.69, 9.17) is 5.73 Å². The number of carbonyl (C=O) groups is 2. The summed E-state index contributed by atoms with van der Waals surface area (Å²) in [5.74, 6) is -0.544. The van der Waals surface area contributed by atoms with Gasteiger partial charge in [0.25, 0.3) is 0 Å². The molecule has 0 bridgehead atoms. The summed E-state index contributed by atoms with van der Waals surface area (Å²) >= 11 is 1.59. The van der Waals surface area contributed by atoms with Crippen LogP contribution in [0.5, 0.6) is 0 Å². The summed E-state index contributed by atoms with van der Waals surface area (Å²) in [5.41, 5.74) is 5.34. The van der Waals surface area contributed by atoms with Gasteiger partial charge >= 0.3 is 0 Å². The molecule has 1 saturated heterocycles. The highest BCUT2D eigenvalue weighted by Crippen LogP contribution is 2.34. The fourth-order valence-corrected chi connectivity index (χ4v) is 3.36. The molecular weight excluding hydrogens is 262 g/mol. The average molecular weight is 281 g/mol. The molecule has 2 amide bonds. The predicted octanol–water partition coefficient (Wildman–Crippen LogP) is 0.873. The number of amides is 2. The van der Waals surface area contributed by atoms with E-state index < -0.39 is 5.54 Å². The van der Waals surface area contributed by atoms with E-state index in [2.05, 4.69) is 5.32 Å². The molecular formula is C13H19N3O2S. The largest absolute Gasteiger partial charge is 0.326 e. The zero-order chi connectivity index (χ0) is 14.2. The first-order valence-electron chi connectivity index (χ1n) is 6.24. The second-order valence-electron chi connectivity index (χ2n) is 5.38. The van der Waals surface area contributed by atoms with Crippen molar-refractivity contribution in [3.05, 3.63) is 22.4 Å². The molecule has 1 aromatic rings. The van der Waals surface area contributed by atoms with Gasteiger partial charge in [-0.05, 0) is 32.2 Å². The highest BCUT2D eigenvalue weighted by atomic mass is 32.1. The van der Waals surface area contributed by atoms with Crippen molar-refractivity contribution in [3.63, 3.8) is 0 Å². The van der Waals surface area contributed by atoms with Crippen LogP contribution >= 0.6 is 11.3 Å². The van der Waals surface area contributed by atoms with E-state index in [0.29, 0.717) is 0 Å². The third kappa shape index (κ3) is 2.56. The van der Waals surface area contributed by atoms with Crippen molar-refractivity contribution in [3.8, 4) is 0 Å². The molecule has 2 atom stereocenters. The number of piperazine rings is 1. The fraction of sp³-hybridized carbons (Fsp3) is 0.538. The van der Waals surface area contributed by atoms with Gasteiger partial charge in [-0.3, -0.25) is 19.8 Å². The molecule has 0 spiro atoms. The van der Waals surface area contributed by atoms with Crippen molar-refractivity contribution in [2.24, 2.45) is 5.73 Å². The number of nitrogens with zero attached hydrogens (tertiary/aromatic N) is 1. The van der Waals surface area contributed by atoms with Crippen LogP contribution in [0.2, 0.25) is 0 Å². The summed E-state index contributed by atoms with van der Waals surface area (Å²) in [6.45, 7) is 5.72. The Hall–Kier alpha value is -1.24. The summed E-state index contributed by atoms with van der Waals surface area (Å²) in [4.78, 5) is 26.6. The van der Waals surface area contributed by atoms with Gasteiger partial charge in [0.2, 0.25) is 11.8 Å². The summed E-state index contributed by atoms with van der Waals surface area (Å²) in [5, 5.41) is 4.36. The third-order valence-electron chi connectivity index (χ3n) is 3.51. The summed E-state index contributed by atoms with van der Waals surface area (Å²) < 4.78 is 0. The molecule has 5 nitrogen and oxygen atoms in total.